The maximum atomic E-state index is 13.5. The number of Topliss-reactive ketones (excluding diaryl/α,β-unsaturated/α-hetero) is 1. The van der Waals surface area contributed by atoms with Gasteiger partial charge in [-0.1, -0.05) is 30.3 Å². The summed E-state index contributed by atoms with van der Waals surface area (Å²) in [5.74, 6) is 0.150. The molecule has 2 aliphatic rings. The number of nitrogens with zero attached hydrogens (tertiary/aromatic N) is 2. The number of piperazine rings is 1. The molecule has 1 aliphatic heterocycles. The number of benzene rings is 2. The van der Waals surface area contributed by atoms with Crippen molar-refractivity contribution in [3.05, 3.63) is 64.8 Å². The van der Waals surface area contributed by atoms with Crippen molar-refractivity contribution in [2.45, 2.75) is 37.6 Å². The van der Waals surface area contributed by atoms with Crippen molar-refractivity contribution in [2.24, 2.45) is 0 Å². The van der Waals surface area contributed by atoms with Gasteiger partial charge in [-0.05, 0) is 43.0 Å². The second kappa shape index (κ2) is 7.89. The second-order valence-electron chi connectivity index (χ2n) is 8.58. The van der Waals surface area contributed by atoms with E-state index in [1.165, 1.54) is 5.56 Å². The molecule has 3 aromatic rings. The summed E-state index contributed by atoms with van der Waals surface area (Å²) in [5.41, 5.74) is 4.37. The standard InChI is InChI=1S/C24H27N3O3S/c1-17-14-19-21(25-20-8-5-9-22(28)24(19)20)15-23(17)31(29,30)27-12-10-26(11-13-27)16-18-6-3-2-4-7-18/h2-4,6-7,14-15,25H,5,8-13,16H2,1H3. The van der Waals surface area contributed by atoms with Crippen molar-refractivity contribution >= 4 is 26.7 Å². The fourth-order valence-electron chi connectivity index (χ4n) is 4.83. The van der Waals surface area contributed by atoms with Crippen molar-refractivity contribution in [3.63, 3.8) is 0 Å². The summed E-state index contributed by atoms with van der Waals surface area (Å²) in [6, 6.07) is 13.9. The van der Waals surface area contributed by atoms with Crippen LogP contribution >= 0.6 is 0 Å². The van der Waals surface area contributed by atoms with Gasteiger partial charge in [-0.3, -0.25) is 9.69 Å². The minimum absolute atomic E-state index is 0.150. The lowest BCUT2D eigenvalue weighted by molar-refractivity contribution is 0.0974. The van der Waals surface area contributed by atoms with Crippen molar-refractivity contribution in [1.82, 2.24) is 14.2 Å². The van der Waals surface area contributed by atoms with Gasteiger partial charge in [-0.15, -0.1) is 0 Å². The van der Waals surface area contributed by atoms with Crippen molar-refractivity contribution in [1.29, 1.82) is 0 Å². The minimum atomic E-state index is -3.59. The predicted octanol–water partition coefficient (Wildman–Crippen LogP) is 3.50. The minimum Gasteiger partial charge on any atom is -0.358 e. The first-order chi connectivity index (χ1) is 14.9. The zero-order valence-corrected chi connectivity index (χ0v) is 18.5. The molecule has 0 atom stereocenters. The molecule has 1 fully saturated rings. The fourth-order valence-corrected chi connectivity index (χ4v) is 6.48. The zero-order valence-electron chi connectivity index (χ0n) is 17.7. The summed E-state index contributed by atoms with van der Waals surface area (Å²) in [6.45, 7) is 5.03. The molecule has 162 valence electrons. The van der Waals surface area contributed by atoms with Crippen LogP contribution in [-0.2, 0) is 23.0 Å². The quantitative estimate of drug-likeness (QED) is 0.678. The highest BCUT2D eigenvalue weighted by molar-refractivity contribution is 7.89. The van der Waals surface area contributed by atoms with Gasteiger partial charge in [0.25, 0.3) is 0 Å². The average molecular weight is 438 g/mol. The predicted molar refractivity (Wildman–Crippen MR) is 121 cm³/mol. The number of hydrogen-bond acceptors (Lipinski definition) is 4. The normalized spacial score (nSPS) is 18.4. The lowest BCUT2D eigenvalue weighted by Gasteiger charge is -2.34. The van der Waals surface area contributed by atoms with E-state index in [0.717, 1.165) is 41.5 Å². The molecular formula is C24H27N3O3S. The lowest BCUT2D eigenvalue weighted by Crippen LogP contribution is -2.48. The maximum Gasteiger partial charge on any atom is 0.243 e. The third kappa shape index (κ3) is 3.71. The molecule has 0 spiro atoms. The number of nitrogens with one attached hydrogen (secondary N) is 1. The van der Waals surface area contributed by atoms with Crippen LogP contribution in [0.25, 0.3) is 10.9 Å². The maximum absolute atomic E-state index is 13.5. The summed E-state index contributed by atoms with van der Waals surface area (Å²) in [5, 5.41) is 0.851. The number of fused-ring (bicyclic) bond motifs is 3. The van der Waals surface area contributed by atoms with E-state index in [1.54, 1.807) is 10.4 Å². The van der Waals surface area contributed by atoms with Gasteiger partial charge in [0.15, 0.2) is 5.78 Å². The summed E-state index contributed by atoms with van der Waals surface area (Å²) in [6.07, 6.45) is 2.24. The van der Waals surface area contributed by atoms with Crippen LogP contribution < -0.4 is 0 Å². The highest BCUT2D eigenvalue weighted by Gasteiger charge is 2.31. The molecule has 2 aromatic carbocycles. The molecule has 0 unspecified atom stereocenters. The molecule has 0 bridgehead atoms. The van der Waals surface area contributed by atoms with Crippen LogP contribution in [0.4, 0.5) is 0 Å². The van der Waals surface area contributed by atoms with Gasteiger partial charge in [0.2, 0.25) is 10.0 Å². The third-order valence-electron chi connectivity index (χ3n) is 6.48. The van der Waals surface area contributed by atoms with Crippen LogP contribution in [0, 0.1) is 6.92 Å². The molecule has 0 amide bonds. The Morgan fingerprint density at radius 1 is 1.00 bits per heavy atom. The van der Waals surface area contributed by atoms with Crippen molar-refractivity contribution in [2.75, 3.05) is 26.2 Å². The molecule has 1 aromatic heterocycles. The summed E-state index contributed by atoms with van der Waals surface area (Å²) in [4.78, 5) is 18.4. The van der Waals surface area contributed by atoms with Gasteiger partial charge in [-0.25, -0.2) is 8.42 Å². The van der Waals surface area contributed by atoms with E-state index in [0.29, 0.717) is 43.1 Å². The first kappa shape index (κ1) is 20.4. The molecule has 0 saturated carbocycles. The summed E-state index contributed by atoms with van der Waals surface area (Å²) in [7, 11) is -3.59. The van der Waals surface area contributed by atoms with Gasteiger partial charge < -0.3 is 4.98 Å². The van der Waals surface area contributed by atoms with E-state index >= 15 is 0 Å². The first-order valence-corrected chi connectivity index (χ1v) is 12.3. The number of H-pyrrole nitrogens is 1. The Labute approximate surface area is 182 Å². The van der Waals surface area contributed by atoms with E-state index < -0.39 is 10.0 Å². The SMILES string of the molecule is Cc1cc2c3c([nH]c2cc1S(=O)(=O)N1CCN(Cc2ccccc2)CC1)CCCC3=O. The van der Waals surface area contributed by atoms with Gasteiger partial charge >= 0.3 is 0 Å². The van der Waals surface area contributed by atoms with E-state index in [9.17, 15) is 13.2 Å². The number of sulfonamides is 1. The molecule has 2 heterocycles. The fraction of sp³-hybridized carbons (Fsp3) is 0.375. The van der Waals surface area contributed by atoms with E-state index in [2.05, 4.69) is 22.0 Å². The number of aromatic nitrogens is 1. The Balaban J connectivity index is 1.38. The van der Waals surface area contributed by atoms with E-state index in [-0.39, 0.29) is 5.78 Å². The average Bonchev–Trinajstić information content (AvgIpc) is 3.13. The summed E-state index contributed by atoms with van der Waals surface area (Å²) < 4.78 is 28.5. The highest BCUT2D eigenvalue weighted by atomic mass is 32.2. The van der Waals surface area contributed by atoms with Crippen LogP contribution in [0.3, 0.4) is 0 Å². The van der Waals surface area contributed by atoms with Gasteiger partial charge in [0, 0.05) is 61.3 Å². The van der Waals surface area contributed by atoms with Crippen LogP contribution in [0.5, 0.6) is 0 Å². The second-order valence-corrected chi connectivity index (χ2v) is 10.5. The number of ketones is 1. The molecule has 1 aliphatic carbocycles. The molecule has 31 heavy (non-hydrogen) atoms. The topological polar surface area (TPSA) is 73.5 Å². The monoisotopic (exact) mass is 437 g/mol. The smallest absolute Gasteiger partial charge is 0.243 e. The van der Waals surface area contributed by atoms with Crippen LogP contribution in [-0.4, -0.2) is 54.6 Å². The van der Waals surface area contributed by atoms with Gasteiger partial charge in [-0.2, -0.15) is 4.31 Å². The number of aryl methyl sites for hydroxylation is 2. The van der Waals surface area contributed by atoms with Crippen molar-refractivity contribution < 1.29 is 13.2 Å². The number of carbonyl (C=O) groups excluding carboxylic acids is 1. The van der Waals surface area contributed by atoms with Gasteiger partial charge in [0.05, 0.1) is 4.90 Å². The van der Waals surface area contributed by atoms with Gasteiger partial charge in [0.1, 0.15) is 0 Å². The third-order valence-corrected chi connectivity index (χ3v) is 8.52. The lowest BCUT2D eigenvalue weighted by atomic mass is 9.94. The molecule has 1 saturated heterocycles. The Morgan fingerprint density at radius 2 is 1.74 bits per heavy atom. The Morgan fingerprint density at radius 3 is 2.48 bits per heavy atom. The Bertz CT molecular complexity index is 1240. The Hall–Kier alpha value is -2.48. The van der Waals surface area contributed by atoms with Crippen LogP contribution in [0.15, 0.2) is 47.4 Å². The number of hydrogen-bond donors (Lipinski definition) is 1. The molecule has 0 radical (unpaired) electrons. The molecular weight excluding hydrogens is 410 g/mol. The van der Waals surface area contributed by atoms with Crippen molar-refractivity contribution in [3.8, 4) is 0 Å². The van der Waals surface area contributed by atoms with E-state index in [1.807, 2.05) is 31.2 Å². The number of aromatic amines is 1. The molecule has 7 heteroatoms. The summed E-state index contributed by atoms with van der Waals surface area (Å²) >= 11 is 0. The van der Waals surface area contributed by atoms with Crippen LogP contribution in [0.2, 0.25) is 0 Å². The first-order valence-electron chi connectivity index (χ1n) is 10.9. The molecule has 1 N–H and O–H groups in total. The molecule has 6 nitrogen and oxygen atoms in total. The molecule has 5 rings (SSSR count). The van der Waals surface area contributed by atoms with Crippen LogP contribution in [0.1, 0.15) is 40.0 Å². The Kier molecular flexibility index (Phi) is 5.20. The zero-order chi connectivity index (χ0) is 21.6. The highest BCUT2D eigenvalue weighted by Crippen LogP contribution is 2.33. The van der Waals surface area contributed by atoms with E-state index in [4.69, 9.17) is 0 Å². The number of carbonyl (C=O) groups is 1. The number of rotatable bonds is 4. The largest absolute Gasteiger partial charge is 0.358 e.